The molecule has 0 aliphatic rings. The second-order valence-corrected chi connectivity index (χ2v) is 7.03. The van der Waals surface area contributed by atoms with Crippen LogP contribution >= 0.6 is 0 Å². The summed E-state index contributed by atoms with van der Waals surface area (Å²) in [4.78, 5) is 26.2. The predicted molar refractivity (Wildman–Crippen MR) is 114 cm³/mol. The summed E-state index contributed by atoms with van der Waals surface area (Å²) >= 11 is 0. The summed E-state index contributed by atoms with van der Waals surface area (Å²) in [6, 6.07) is 19.3. The Kier molecular flexibility index (Phi) is 6.52. The molecule has 30 heavy (non-hydrogen) atoms. The molecule has 0 amide bonds. The summed E-state index contributed by atoms with van der Waals surface area (Å²) < 4.78 is 16.2. The first kappa shape index (κ1) is 21.1. The van der Waals surface area contributed by atoms with Crippen LogP contribution in [0.1, 0.15) is 43.5 Å². The molecule has 0 aliphatic carbocycles. The van der Waals surface area contributed by atoms with E-state index in [4.69, 9.17) is 14.2 Å². The smallest absolute Gasteiger partial charge is 0.339 e. The zero-order chi connectivity index (χ0) is 21.7. The highest BCUT2D eigenvalue weighted by molar-refractivity contribution is 6.02. The van der Waals surface area contributed by atoms with Crippen molar-refractivity contribution in [3.8, 4) is 11.5 Å². The Morgan fingerprint density at radius 2 is 1.20 bits per heavy atom. The fraction of sp³-hybridized carbons (Fsp3) is 0.200. The number of carbonyl (C=O) groups is 2. The number of esters is 1. The average Bonchev–Trinajstić information content (AvgIpc) is 2.77. The molecule has 0 saturated heterocycles. The number of hydrogen-bond acceptors (Lipinski definition) is 5. The van der Waals surface area contributed by atoms with Gasteiger partial charge in [0.1, 0.15) is 11.5 Å². The third-order valence-electron chi connectivity index (χ3n) is 4.77. The van der Waals surface area contributed by atoms with E-state index in [1.54, 1.807) is 42.5 Å². The Labute approximate surface area is 176 Å². The van der Waals surface area contributed by atoms with Crippen LogP contribution in [-0.4, -0.2) is 26.0 Å². The van der Waals surface area contributed by atoms with Gasteiger partial charge in [-0.1, -0.05) is 59.7 Å². The van der Waals surface area contributed by atoms with Gasteiger partial charge in [-0.05, 0) is 26.0 Å². The Morgan fingerprint density at radius 3 is 1.70 bits per heavy atom. The molecule has 5 heteroatoms. The molecule has 1 atom stereocenters. The number of Topliss-reactive ketones (excluding diaryl/α,β-unsaturated/α-hetero) is 1. The second-order valence-electron chi connectivity index (χ2n) is 7.03. The van der Waals surface area contributed by atoms with Crippen molar-refractivity contribution in [3.05, 3.63) is 94.5 Å². The number of aryl methyl sites for hydroxylation is 2. The van der Waals surface area contributed by atoms with Crippen LogP contribution in [0.25, 0.3) is 0 Å². The van der Waals surface area contributed by atoms with E-state index in [9.17, 15) is 9.59 Å². The van der Waals surface area contributed by atoms with E-state index in [2.05, 4.69) is 0 Å². The Morgan fingerprint density at radius 1 is 0.700 bits per heavy atom. The van der Waals surface area contributed by atoms with Crippen LogP contribution in [0.2, 0.25) is 0 Å². The van der Waals surface area contributed by atoms with Crippen LogP contribution in [-0.2, 0) is 4.74 Å². The number of ether oxygens (including phenoxy) is 3. The monoisotopic (exact) mass is 404 g/mol. The van der Waals surface area contributed by atoms with Crippen molar-refractivity contribution >= 4 is 11.8 Å². The summed E-state index contributed by atoms with van der Waals surface area (Å²) in [7, 11) is 3.00. The molecule has 0 spiro atoms. The third kappa shape index (κ3) is 4.87. The second kappa shape index (κ2) is 9.27. The fourth-order valence-corrected chi connectivity index (χ4v) is 2.98. The zero-order valence-corrected chi connectivity index (χ0v) is 17.5. The van der Waals surface area contributed by atoms with E-state index >= 15 is 0 Å². The lowest BCUT2D eigenvalue weighted by Crippen LogP contribution is -2.20. The first-order chi connectivity index (χ1) is 14.4. The van der Waals surface area contributed by atoms with Gasteiger partial charge in [0.2, 0.25) is 5.78 Å². The molecule has 3 aromatic rings. The van der Waals surface area contributed by atoms with Gasteiger partial charge in [-0.3, -0.25) is 4.79 Å². The van der Waals surface area contributed by atoms with Gasteiger partial charge in [0.05, 0.1) is 19.8 Å². The SMILES string of the molecule is COc1cc(OC)cc(C(=O)O[C@H](C(=O)c2ccc(C)cc2)c2ccc(C)cc2)c1. The van der Waals surface area contributed by atoms with Gasteiger partial charge >= 0.3 is 5.97 Å². The maximum atomic E-state index is 13.2. The van der Waals surface area contributed by atoms with Crippen LogP contribution < -0.4 is 9.47 Å². The number of rotatable bonds is 7. The van der Waals surface area contributed by atoms with E-state index in [0.29, 0.717) is 22.6 Å². The average molecular weight is 404 g/mol. The molecule has 0 fully saturated rings. The number of carbonyl (C=O) groups excluding carboxylic acids is 2. The summed E-state index contributed by atoms with van der Waals surface area (Å²) in [6.45, 7) is 3.90. The molecule has 0 radical (unpaired) electrons. The highest BCUT2D eigenvalue weighted by Gasteiger charge is 2.27. The highest BCUT2D eigenvalue weighted by Crippen LogP contribution is 2.28. The summed E-state index contributed by atoms with van der Waals surface area (Å²) in [5.74, 6) is -0.0172. The quantitative estimate of drug-likeness (QED) is 0.405. The summed E-state index contributed by atoms with van der Waals surface area (Å²) in [6.07, 6.45) is -1.07. The number of methoxy groups -OCH3 is 2. The molecule has 0 heterocycles. The van der Waals surface area contributed by atoms with Crippen LogP contribution in [0.5, 0.6) is 11.5 Å². The number of benzene rings is 3. The van der Waals surface area contributed by atoms with Crippen molar-refractivity contribution in [3.63, 3.8) is 0 Å². The third-order valence-corrected chi connectivity index (χ3v) is 4.77. The van der Waals surface area contributed by atoms with Crippen molar-refractivity contribution < 1.29 is 23.8 Å². The molecule has 3 aromatic carbocycles. The van der Waals surface area contributed by atoms with Crippen LogP contribution in [0, 0.1) is 13.8 Å². The normalized spacial score (nSPS) is 11.5. The van der Waals surface area contributed by atoms with E-state index < -0.39 is 12.1 Å². The van der Waals surface area contributed by atoms with Gasteiger partial charge in [0.25, 0.3) is 0 Å². The lowest BCUT2D eigenvalue weighted by Gasteiger charge is -2.18. The van der Waals surface area contributed by atoms with E-state index in [1.165, 1.54) is 14.2 Å². The molecule has 5 nitrogen and oxygen atoms in total. The van der Waals surface area contributed by atoms with Gasteiger partial charge in [0, 0.05) is 17.2 Å². The van der Waals surface area contributed by atoms with E-state index in [-0.39, 0.29) is 11.3 Å². The molecule has 0 unspecified atom stereocenters. The highest BCUT2D eigenvalue weighted by atomic mass is 16.5. The molecule has 0 bridgehead atoms. The lowest BCUT2D eigenvalue weighted by atomic mass is 9.98. The van der Waals surface area contributed by atoms with Gasteiger partial charge < -0.3 is 14.2 Å². The van der Waals surface area contributed by atoms with Gasteiger partial charge in [0.15, 0.2) is 6.10 Å². The van der Waals surface area contributed by atoms with Gasteiger partial charge in [-0.2, -0.15) is 0 Å². The first-order valence-electron chi connectivity index (χ1n) is 9.52. The van der Waals surface area contributed by atoms with Gasteiger partial charge in [-0.25, -0.2) is 4.79 Å². The van der Waals surface area contributed by atoms with Crippen LogP contribution in [0.4, 0.5) is 0 Å². The van der Waals surface area contributed by atoms with E-state index in [0.717, 1.165) is 11.1 Å². The van der Waals surface area contributed by atoms with Crippen LogP contribution in [0.15, 0.2) is 66.7 Å². The standard InChI is InChI=1S/C25H24O5/c1-16-5-9-18(10-6-16)23(26)24(19-11-7-17(2)8-12-19)30-25(27)20-13-21(28-3)15-22(14-20)29-4/h5-15,24H,1-4H3/t24-/m0/s1. The Bertz CT molecular complexity index is 1010. The Hall–Kier alpha value is -3.60. The van der Waals surface area contributed by atoms with Crippen molar-refractivity contribution in [2.75, 3.05) is 14.2 Å². The molecular weight excluding hydrogens is 380 g/mol. The molecule has 3 rings (SSSR count). The maximum absolute atomic E-state index is 13.2. The largest absolute Gasteiger partial charge is 0.497 e. The van der Waals surface area contributed by atoms with E-state index in [1.807, 2.05) is 38.1 Å². The minimum absolute atomic E-state index is 0.236. The minimum atomic E-state index is -1.07. The minimum Gasteiger partial charge on any atom is -0.497 e. The van der Waals surface area contributed by atoms with Crippen LogP contribution in [0.3, 0.4) is 0 Å². The fourth-order valence-electron chi connectivity index (χ4n) is 2.98. The number of ketones is 1. The number of hydrogen-bond donors (Lipinski definition) is 0. The predicted octanol–water partition coefficient (Wildman–Crippen LogP) is 5.10. The maximum Gasteiger partial charge on any atom is 0.339 e. The summed E-state index contributed by atoms with van der Waals surface area (Å²) in [5.41, 5.74) is 3.40. The first-order valence-corrected chi connectivity index (χ1v) is 9.52. The summed E-state index contributed by atoms with van der Waals surface area (Å²) in [5, 5.41) is 0. The van der Waals surface area contributed by atoms with Crippen molar-refractivity contribution in [2.45, 2.75) is 20.0 Å². The zero-order valence-electron chi connectivity index (χ0n) is 17.5. The Balaban J connectivity index is 1.96. The molecular formula is C25H24O5. The molecule has 0 N–H and O–H groups in total. The van der Waals surface area contributed by atoms with Crippen molar-refractivity contribution in [1.29, 1.82) is 0 Å². The lowest BCUT2D eigenvalue weighted by molar-refractivity contribution is 0.0279. The molecule has 0 aliphatic heterocycles. The topological polar surface area (TPSA) is 61.8 Å². The molecule has 0 saturated carbocycles. The van der Waals surface area contributed by atoms with Crippen molar-refractivity contribution in [1.82, 2.24) is 0 Å². The molecule has 0 aromatic heterocycles. The molecule has 154 valence electrons. The van der Waals surface area contributed by atoms with Crippen molar-refractivity contribution in [2.24, 2.45) is 0 Å². The van der Waals surface area contributed by atoms with Gasteiger partial charge in [-0.15, -0.1) is 0 Å².